The van der Waals surface area contributed by atoms with Gasteiger partial charge >= 0.3 is 98.5 Å². The summed E-state index contributed by atoms with van der Waals surface area (Å²) in [6.45, 7) is 3.40. The number of esters is 1. The fourth-order valence-electron chi connectivity index (χ4n) is 1.44. The number of hydrogen-bond acceptors (Lipinski definition) is 2. The van der Waals surface area contributed by atoms with Gasteiger partial charge in [0.25, 0.3) is 0 Å². The van der Waals surface area contributed by atoms with Gasteiger partial charge in [0.1, 0.15) is 0 Å². The summed E-state index contributed by atoms with van der Waals surface area (Å²) in [4.78, 5) is 11.0. The Labute approximate surface area is 98.5 Å². The molecule has 0 N–H and O–H groups in total. The zero-order valence-corrected chi connectivity index (χ0v) is 10.8. The number of halogens is 1. The van der Waals surface area contributed by atoms with Crippen molar-refractivity contribution in [2.45, 2.75) is 13.8 Å². The van der Waals surface area contributed by atoms with E-state index in [0.29, 0.717) is 10.8 Å². The van der Waals surface area contributed by atoms with Crippen LogP contribution in [-0.2, 0) is 4.79 Å². The van der Waals surface area contributed by atoms with Crippen LogP contribution in [0.3, 0.4) is 0 Å². The molecule has 0 spiro atoms. The minimum atomic E-state index is -0.284. The van der Waals surface area contributed by atoms with E-state index >= 15 is 0 Å². The van der Waals surface area contributed by atoms with E-state index in [9.17, 15) is 4.79 Å². The first-order valence-corrected chi connectivity index (χ1v) is 6.54. The molecule has 0 aliphatic heterocycles. The predicted octanol–water partition coefficient (Wildman–Crippen LogP) is 2.78. The van der Waals surface area contributed by atoms with Crippen molar-refractivity contribution < 1.29 is 9.53 Å². The second-order valence-corrected chi connectivity index (χ2v) is 6.29. The minimum absolute atomic E-state index is 0.255. The SMILES string of the molecule is CC(=O)Oc1c(C)[se]c2ccc(Cl)cc12. The molecule has 0 unspecified atom stereocenters. The molecular weight excluding hydrogens is 279 g/mol. The van der Waals surface area contributed by atoms with Crippen LogP contribution in [0.4, 0.5) is 0 Å². The van der Waals surface area contributed by atoms with E-state index in [-0.39, 0.29) is 20.5 Å². The topological polar surface area (TPSA) is 26.3 Å². The summed E-state index contributed by atoms with van der Waals surface area (Å²) in [5, 5.41) is 1.64. The number of aryl methyl sites for hydroxylation is 1. The molecule has 78 valence electrons. The molecule has 0 radical (unpaired) electrons. The molecule has 0 fully saturated rings. The molecule has 0 saturated heterocycles. The van der Waals surface area contributed by atoms with Gasteiger partial charge in [-0.15, -0.1) is 0 Å². The molecule has 2 aromatic rings. The van der Waals surface area contributed by atoms with Gasteiger partial charge < -0.3 is 0 Å². The number of carbonyl (C=O) groups is 1. The number of carbonyl (C=O) groups excluding carboxylic acids is 1. The Hall–Kier alpha value is -0.761. The Morgan fingerprint density at radius 1 is 1.47 bits per heavy atom. The van der Waals surface area contributed by atoms with Crippen LogP contribution in [0.25, 0.3) is 9.65 Å². The first-order chi connectivity index (χ1) is 7.08. The number of ether oxygens (including phenoxy) is 1. The predicted molar refractivity (Wildman–Crippen MR) is 61.9 cm³/mol. The van der Waals surface area contributed by atoms with Crippen molar-refractivity contribution >= 4 is 41.7 Å². The van der Waals surface area contributed by atoms with Gasteiger partial charge in [-0.3, -0.25) is 0 Å². The van der Waals surface area contributed by atoms with Gasteiger partial charge in [0.2, 0.25) is 0 Å². The van der Waals surface area contributed by atoms with Crippen LogP contribution in [0.2, 0.25) is 5.02 Å². The second kappa shape index (κ2) is 4.01. The summed E-state index contributed by atoms with van der Waals surface area (Å²) in [6, 6.07) is 5.72. The summed E-state index contributed by atoms with van der Waals surface area (Å²) < 4.78 is 7.56. The van der Waals surface area contributed by atoms with Crippen LogP contribution >= 0.6 is 11.6 Å². The molecule has 1 aromatic heterocycles. The van der Waals surface area contributed by atoms with Crippen molar-refractivity contribution in [2.75, 3.05) is 0 Å². The number of hydrogen-bond donors (Lipinski definition) is 0. The maximum absolute atomic E-state index is 11.0. The van der Waals surface area contributed by atoms with E-state index in [1.807, 2.05) is 25.1 Å². The van der Waals surface area contributed by atoms with E-state index in [1.165, 1.54) is 11.2 Å². The van der Waals surface area contributed by atoms with Crippen LogP contribution in [0.5, 0.6) is 5.75 Å². The van der Waals surface area contributed by atoms with Crippen molar-refractivity contribution in [1.29, 1.82) is 0 Å². The standard InChI is InChI=1S/C11H9ClO2Se/c1-6-11(14-7(2)13)9-5-8(12)3-4-10(9)15-6/h3-5H,1-2H3. The molecular formula is C11H9ClO2Se. The summed E-state index contributed by atoms with van der Waals surface area (Å²) in [5.74, 6) is 0.410. The quantitative estimate of drug-likeness (QED) is 0.595. The third kappa shape index (κ3) is 2.10. The Balaban J connectivity index is 2.65. The average Bonchev–Trinajstić information content (AvgIpc) is 2.43. The molecule has 1 heterocycles. The van der Waals surface area contributed by atoms with E-state index < -0.39 is 0 Å². The van der Waals surface area contributed by atoms with Gasteiger partial charge in [-0.1, -0.05) is 0 Å². The van der Waals surface area contributed by atoms with E-state index in [0.717, 1.165) is 9.82 Å². The maximum atomic E-state index is 11.0. The molecule has 4 heteroatoms. The van der Waals surface area contributed by atoms with Gasteiger partial charge in [-0.05, 0) is 0 Å². The van der Waals surface area contributed by atoms with E-state index in [1.54, 1.807) is 0 Å². The molecule has 2 nitrogen and oxygen atoms in total. The van der Waals surface area contributed by atoms with Crippen molar-refractivity contribution in [3.63, 3.8) is 0 Å². The molecule has 0 bridgehead atoms. The summed E-state index contributed by atoms with van der Waals surface area (Å²) in [7, 11) is 0. The molecule has 15 heavy (non-hydrogen) atoms. The number of fused-ring (bicyclic) bond motifs is 1. The molecule has 2 rings (SSSR count). The van der Waals surface area contributed by atoms with Crippen LogP contribution in [-0.4, -0.2) is 20.5 Å². The fourth-order valence-corrected chi connectivity index (χ4v) is 3.65. The Morgan fingerprint density at radius 2 is 2.20 bits per heavy atom. The Kier molecular flexibility index (Phi) is 2.87. The summed E-state index contributed by atoms with van der Waals surface area (Å²) in [5.41, 5.74) is 0. The summed E-state index contributed by atoms with van der Waals surface area (Å²) >= 11 is 6.17. The van der Waals surface area contributed by atoms with E-state index in [4.69, 9.17) is 16.3 Å². The van der Waals surface area contributed by atoms with Crippen LogP contribution in [0.1, 0.15) is 11.4 Å². The van der Waals surface area contributed by atoms with Gasteiger partial charge in [-0.2, -0.15) is 0 Å². The van der Waals surface area contributed by atoms with Crippen molar-refractivity contribution in [1.82, 2.24) is 0 Å². The van der Waals surface area contributed by atoms with E-state index in [2.05, 4.69) is 0 Å². The first kappa shape index (κ1) is 10.7. The van der Waals surface area contributed by atoms with Gasteiger partial charge in [-0.25, -0.2) is 0 Å². The molecule has 0 saturated carbocycles. The monoisotopic (exact) mass is 288 g/mol. The van der Waals surface area contributed by atoms with Crippen molar-refractivity contribution in [3.05, 3.63) is 27.7 Å². The zero-order chi connectivity index (χ0) is 11.0. The second-order valence-electron chi connectivity index (χ2n) is 3.22. The third-order valence-corrected chi connectivity index (χ3v) is 4.49. The number of benzene rings is 1. The third-order valence-electron chi connectivity index (χ3n) is 2.01. The van der Waals surface area contributed by atoms with Crippen LogP contribution in [0.15, 0.2) is 18.2 Å². The average molecular weight is 288 g/mol. The van der Waals surface area contributed by atoms with Gasteiger partial charge in [0, 0.05) is 0 Å². The normalized spacial score (nSPS) is 10.6. The fraction of sp³-hybridized carbons (Fsp3) is 0.182. The molecule has 1 aromatic carbocycles. The molecule has 0 aliphatic carbocycles. The molecule has 0 amide bonds. The van der Waals surface area contributed by atoms with Gasteiger partial charge in [0.15, 0.2) is 0 Å². The van der Waals surface area contributed by atoms with Gasteiger partial charge in [0.05, 0.1) is 0 Å². The summed E-state index contributed by atoms with van der Waals surface area (Å²) in [6.07, 6.45) is 0. The Morgan fingerprint density at radius 3 is 2.87 bits per heavy atom. The van der Waals surface area contributed by atoms with Crippen LogP contribution in [0, 0.1) is 6.92 Å². The van der Waals surface area contributed by atoms with Crippen molar-refractivity contribution in [2.24, 2.45) is 0 Å². The Bertz CT molecular complexity index is 531. The zero-order valence-electron chi connectivity index (χ0n) is 8.33. The first-order valence-electron chi connectivity index (χ1n) is 4.45. The van der Waals surface area contributed by atoms with Crippen molar-refractivity contribution in [3.8, 4) is 5.75 Å². The molecule has 0 atom stereocenters. The molecule has 0 aliphatic rings. The number of rotatable bonds is 1. The van der Waals surface area contributed by atoms with Crippen LogP contribution < -0.4 is 4.74 Å².